The molecule has 1 aromatic rings. The first-order chi connectivity index (χ1) is 9.90. The van der Waals surface area contributed by atoms with Crippen molar-refractivity contribution < 1.29 is 14.7 Å². The first-order valence-corrected chi connectivity index (χ1v) is 7.81. The van der Waals surface area contributed by atoms with Gasteiger partial charge in [0.2, 0.25) is 0 Å². The van der Waals surface area contributed by atoms with Gasteiger partial charge in [0.05, 0.1) is 0 Å². The quantitative estimate of drug-likeness (QED) is 0.814. The highest BCUT2D eigenvalue weighted by atomic mass is 79.9. The molecule has 1 saturated heterocycles. The number of nitrogens with two attached hydrogens (primary N) is 1. The molecule has 114 valence electrons. The van der Waals surface area contributed by atoms with Crippen LogP contribution in [0.4, 0.5) is 5.69 Å². The summed E-state index contributed by atoms with van der Waals surface area (Å²) in [6.45, 7) is 2.40. The average molecular weight is 355 g/mol. The van der Waals surface area contributed by atoms with Gasteiger partial charge in [-0.3, -0.25) is 4.79 Å². The van der Waals surface area contributed by atoms with E-state index in [0.29, 0.717) is 41.5 Å². The largest absolute Gasteiger partial charge is 0.479 e. The number of nitrogen functional groups attached to an aromatic ring is 1. The van der Waals surface area contributed by atoms with Gasteiger partial charge in [-0.05, 0) is 37.5 Å². The van der Waals surface area contributed by atoms with Crippen molar-refractivity contribution in [1.82, 2.24) is 4.90 Å². The van der Waals surface area contributed by atoms with E-state index in [9.17, 15) is 14.7 Å². The molecule has 0 aromatic heterocycles. The highest BCUT2D eigenvalue weighted by Crippen LogP contribution is 2.35. The summed E-state index contributed by atoms with van der Waals surface area (Å²) in [4.78, 5) is 26.0. The SMILES string of the molecule is CCCC1(C(=O)O)CCCN1C(=O)c1cc(N)cc(Br)c1. The molecule has 0 radical (unpaired) electrons. The van der Waals surface area contributed by atoms with Gasteiger partial charge < -0.3 is 15.7 Å². The Morgan fingerprint density at radius 3 is 2.71 bits per heavy atom. The number of hydrogen-bond acceptors (Lipinski definition) is 3. The monoisotopic (exact) mass is 354 g/mol. The van der Waals surface area contributed by atoms with E-state index in [1.165, 1.54) is 4.90 Å². The van der Waals surface area contributed by atoms with Gasteiger partial charge in [0.25, 0.3) is 5.91 Å². The van der Waals surface area contributed by atoms with Crippen molar-refractivity contribution in [2.75, 3.05) is 12.3 Å². The smallest absolute Gasteiger partial charge is 0.329 e. The summed E-state index contributed by atoms with van der Waals surface area (Å²) in [7, 11) is 0. The van der Waals surface area contributed by atoms with Crippen LogP contribution in [0.2, 0.25) is 0 Å². The number of amides is 1. The Morgan fingerprint density at radius 2 is 2.14 bits per heavy atom. The fourth-order valence-electron chi connectivity index (χ4n) is 3.07. The second-order valence-electron chi connectivity index (χ2n) is 5.42. The summed E-state index contributed by atoms with van der Waals surface area (Å²) in [6.07, 6.45) is 2.40. The number of anilines is 1. The number of benzene rings is 1. The van der Waals surface area contributed by atoms with Gasteiger partial charge in [-0.1, -0.05) is 29.3 Å². The van der Waals surface area contributed by atoms with Crippen molar-refractivity contribution in [3.05, 3.63) is 28.2 Å². The van der Waals surface area contributed by atoms with Crippen molar-refractivity contribution in [2.24, 2.45) is 0 Å². The Morgan fingerprint density at radius 1 is 1.43 bits per heavy atom. The van der Waals surface area contributed by atoms with Crippen LogP contribution in [0.1, 0.15) is 43.0 Å². The zero-order chi connectivity index (χ0) is 15.6. The van der Waals surface area contributed by atoms with Gasteiger partial charge in [-0.2, -0.15) is 0 Å². The lowest BCUT2D eigenvalue weighted by Gasteiger charge is -2.34. The van der Waals surface area contributed by atoms with Crippen molar-refractivity contribution in [3.8, 4) is 0 Å². The fraction of sp³-hybridized carbons (Fsp3) is 0.467. The first kappa shape index (κ1) is 15.8. The maximum atomic E-state index is 12.7. The molecule has 1 aliphatic rings. The molecule has 0 saturated carbocycles. The van der Waals surface area contributed by atoms with Crippen molar-refractivity contribution in [2.45, 2.75) is 38.1 Å². The minimum Gasteiger partial charge on any atom is -0.479 e. The van der Waals surface area contributed by atoms with Gasteiger partial charge in [0, 0.05) is 22.3 Å². The number of aliphatic carboxylic acids is 1. The van der Waals surface area contributed by atoms with Crippen LogP contribution in [0.5, 0.6) is 0 Å². The van der Waals surface area contributed by atoms with Gasteiger partial charge in [0.15, 0.2) is 0 Å². The fourth-order valence-corrected chi connectivity index (χ4v) is 3.58. The molecule has 0 spiro atoms. The number of carboxylic acid groups (broad SMARTS) is 1. The van der Waals surface area contributed by atoms with Gasteiger partial charge in [-0.15, -0.1) is 0 Å². The number of hydrogen-bond donors (Lipinski definition) is 2. The number of halogens is 1. The van der Waals surface area contributed by atoms with Crippen molar-refractivity contribution in [1.29, 1.82) is 0 Å². The van der Waals surface area contributed by atoms with E-state index >= 15 is 0 Å². The number of likely N-dealkylation sites (tertiary alicyclic amines) is 1. The number of carboxylic acids is 1. The Balaban J connectivity index is 2.38. The van der Waals surface area contributed by atoms with E-state index in [-0.39, 0.29) is 5.91 Å². The maximum absolute atomic E-state index is 12.7. The first-order valence-electron chi connectivity index (χ1n) is 7.02. The number of nitrogens with zero attached hydrogens (tertiary/aromatic N) is 1. The molecule has 1 aromatic carbocycles. The highest BCUT2D eigenvalue weighted by molar-refractivity contribution is 9.10. The Bertz CT molecular complexity index is 556. The van der Waals surface area contributed by atoms with Crippen LogP contribution in [0.3, 0.4) is 0 Å². The van der Waals surface area contributed by atoms with Crippen LogP contribution in [0.25, 0.3) is 0 Å². The lowest BCUT2D eigenvalue weighted by Crippen LogP contribution is -2.53. The van der Waals surface area contributed by atoms with E-state index in [1.807, 2.05) is 6.92 Å². The van der Waals surface area contributed by atoms with E-state index in [0.717, 1.165) is 6.42 Å². The third-order valence-corrected chi connectivity index (χ3v) is 4.42. The lowest BCUT2D eigenvalue weighted by atomic mass is 9.90. The normalized spacial score (nSPS) is 21.5. The van der Waals surface area contributed by atoms with Crippen LogP contribution >= 0.6 is 15.9 Å². The Labute approximate surface area is 132 Å². The molecule has 1 amide bonds. The second-order valence-corrected chi connectivity index (χ2v) is 6.34. The summed E-state index contributed by atoms with van der Waals surface area (Å²) < 4.78 is 0.710. The summed E-state index contributed by atoms with van der Waals surface area (Å²) in [5, 5.41) is 9.64. The zero-order valence-corrected chi connectivity index (χ0v) is 13.5. The van der Waals surface area contributed by atoms with Gasteiger partial charge in [-0.25, -0.2) is 4.79 Å². The van der Waals surface area contributed by atoms with Crippen LogP contribution in [0, 0.1) is 0 Å². The summed E-state index contributed by atoms with van der Waals surface area (Å²) >= 11 is 3.31. The molecule has 2 rings (SSSR count). The molecule has 21 heavy (non-hydrogen) atoms. The van der Waals surface area contributed by atoms with E-state index in [2.05, 4.69) is 15.9 Å². The molecule has 6 heteroatoms. The molecule has 3 N–H and O–H groups in total. The Hall–Kier alpha value is -1.56. The van der Waals surface area contributed by atoms with Crippen LogP contribution in [-0.2, 0) is 4.79 Å². The maximum Gasteiger partial charge on any atom is 0.329 e. The molecule has 1 atom stereocenters. The van der Waals surface area contributed by atoms with Crippen LogP contribution < -0.4 is 5.73 Å². The number of carbonyl (C=O) groups excluding carboxylic acids is 1. The third-order valence-electron chi connectivity index (χ3n) is 3.96. The average Bonchev–Trinajstić information content (AvgIpc) is 2.82. The minimum atomic E-state index is -1.08. The van der Waals surface area contributed by atoms with Crippen LogP contribution in [0.15, 0.2) is 22.7 Å². The molecule has 1 aliphatic heterocycles. The minimum absolute atomic E-state index is 0.267. The molecule has 5 nitrogen and oxygen atoms in total. The van der Waals surface area contributed by atoms with Gasteiger partial charge >= 0.3 is 5.97 Å². The lowest BCUT2D eigenvalue weighted by molar-refractivity contribution is -0.148. The van der Waals surface area contributed by atoms with Crippen molar-refractivity contribution >= 4 is 33.5 Å². The summed E-state index contributed by atoms with van der Waals surface area (Å²) in [5.74, 6) is -1.19. The summed E-state index contributed by atoms with van der Waals surface area (Å²) in [5.41, 5.74) is 5.58. The molecule has 0 aliphatic carbocycles. The van der Waals surface area contributed by atoms with E-state index < -0.39 is 11.5 Å². The van der Waals surface area contributed by atoms with E-state index in [1.54, 1.807) is 18.2 Å². The molecule has 1 fully saturated rings. The van der Waals surface area contributed by atoms with Crippen molar-refractivity contribution in [3.63, 3.8) is 0 Å². The van der Waals surface area contributed by atoms with Gasteiger partial charge in [0.1, 0.15) is 5.54 Å². The highest BCUT2D eigenvalue weighted by Gasteiger charge is 2.49. The van der Waals surface area contributed by atoms with E-state index in [4.69, 9.17) is 5.73 Å². The third kappa shape index (κ3) is 2.90. The predicted molar refractivity (Wildman–Crippen MR) is 84.1 cm³/mol. The molecule has 1 heterocycles. The number of carbonyl (C=O) groups is 2. The molecule has 1 unspecified atom stereocenters. The van der Waals surface area contributed by atoms with Crippen LogP contribution in [-0.4, -0.2) is 34.0 Å². The zero-order valence-electron chi connectivity index (χ0n) is 11.9. The summed E-state index contributed by atoms with van der Waals surface area (Å²) in [6, 6.07) is 4.97. The second kappa shape index (κ2) is 6.05. The number of rotatable bonds is 4. The standard InChI is InChI=1S/C15H19BrN2O3/c1-2-4-15(14(20)21)5-3-6-18(15)13(19)10-7-11(16)9-12(17)8-10/h7-9H,2-6,17H2,1H3,(H,20,21). The molecular formula is C15H19BrN2O3. The molecular weight excluding hydrogens is 336 g/mol. The molecule has 0 bridgehead atoms. The topological polar surface area (TPSA) is 83.6 Å². The Kier molecular flexibility index (Phi) is 4.56. The predicted octanol–water partition coefficient (Wildman–Crippen LogP) is 2.89.